The Morgan fingerprint density at radius 3 is 2.78 bits per heavy atom. The summed E-state index contributed by atoms with van der Waals surface area (Å²) >= 11 is 1.61. The van der Waals surface area contributed by atoms with Crippen LogP contribution in [0.5, 0.6) is 0 Å². The maximum atomic E-state index is 12.4. The number of thioether (sulfide) groups is 1. The minimum Gasteiger partial charge on any atom is -0.477 e. The molecular weight excluding hydrogens is 390 g/mol. The summed E-state index contributed by atoms with van der Waals surface area (Å²) in [6.07, 6.45) is 2.48. The molecule has 3 heterocycles. The molecule has 0 radical (unpaired) electrons. The standard InChI is InChI=1S/C18H29N3O4S.ClH/c1-9-14-13(10(2)22)17(23)21(14)15(18(24)25)16(9)26-12-7-11(20-8-12)5-4-6-19-3;/h9-14,19-20,22H,4-8H2,1-3H3,(H,24,25);1H/t9-,10-,11-,12+,13-,14-;/m1./s1. The smallest absolute Gasteiger partial charge is 0.353 e. The van der Waals surface area contributed by atoms with Crippen molar-refractivity contribution >= 4 is 36.0 Å². The number of amides is 1. The number of carbonyl (C=O) groups is 2. The predicted octanol–water partition coefficient (Wildman–Crippen LogP) is 1.03. The van der Waals surface area contributed by atoms with Crippen LogP contribution in [0.3, 0.4) is 0 Å². The lowest BCUT2D eigenvalue weighted by Gasteiger charge is -2.46. The second-order valence-corrected chi connectivity index (χ2v) is 8.94. The summed E-state index contributed by atoms with van der Waals surface area (Å²) in [5.74, 6) is -1.85. The van der Waals surface area contributed by atoms with Gasteiger partial charge in [0.25, 0.3) is 0 Å². The number of β-lactam (4-membered cyclic amide) rings is 1. The lowest BCUT2D eigenvalue weighted by molar-refractivity contribution is -0.163. The van der Waals surface area contributed by atoms with Crippen molar-refractivity contribution in [3.05, 3.63) is 10.6 Å². The van der Waals surface area contributed by atoms with E-state index < -0.39 is 18.0 Å². The summed E-state index contributed by atoms with van der Waals surface area (Å²) in [6.45, 7) is 5.44. The van der Waals surface area contributed by atoms with E-state index in [9.17, 15) is 19.8 Å². The first kappa shape index (κ1) is 22.5. The molecule has 3 aliphatic heterocycles. The monoisotopic (exact) mass is 419 g/mol. The van der Waals surface area contributed by atoms with E-state index in [0.717, 1.165) is 37.3 Å². The number of carboxylic acid groups (broad SMARTS) is 1. The van der Waals surface area contributed by atoms with Gasteiger partial charge in [0.05, 0.1) is 18.1 Å². The Balaban J connectivity index is 0.00000261. The zero-order valence-electron chi connectivity index (χ0n) is 16.0. The lowest BCUT2D eigenvalue weighted by atomic mass is 9.79. The average molecular weight is 420 g/mol. The molecule has 3 aliphatic rings. The van der Waals surface area contributed by atoms with Crippen LogP contribution in [-0.2, 0) is 9.59 Å². The number of nitrogens with one attached hydrogen (secondary N) is 2. The molecule has 0 bridgehead atoms. The molecule has 0 aromatic rings. The van der Waals surface area contributed by atoms with Gasteiger partial charge in [-0.1, -0.05) is 6.92 Å². The Hall–Kier alpha value is -0.800. The predicted molar refractivity (Wildman–Crippen MR) is 108 cm³/mol. The highest BCUT2D eigenvalue weighted by Crippen LogP contribution is 2.51. The van der Waals surface area contributed by atoms with Crippen molar-refractivity contribution in [2.75, 3.05) is 20.1 Å². The first-order valence-electron chi connectivity index (χ1n) is 9.40. The van der Waals surface area contributed by atoms with Gasteiger partial charge in [-0.25, -0.2) is 4.79 Å². The van der Waals surface area contributed by atoms with Crippen LogP contribution in [0.2, 0.25) is 0 Å². The van der Waals surface area contributed by atoms with E-state index in [4.69, 9.17) is 0 Å². The molecule has 0 unspecified atom stereocenters. The lowest BCUT2D eigenvalue weighted by Crippen LogP contribution is -2.63. The minimum atomic E-state index is -1.05. The third-order valence-electron chi connectivity index (χ3n) is 5.77. The van der Waals surface area contributed by atoms with Crippen molar-refractivity contribution < 1.29 is 19.8 Å². The summed E-state index contributed by atoms with van der Waals surface area (Å²) < 4.78 is 0. The Labute approximate surface area is 170 Å². The Morgan fingerprint density at radius 2 is 2.19 bits per heavy atom. The third-order valence-corrected chi connectivity index (χ3v) is 7.28. The maximum absolute atomic E-state index is 12.4. The molecule has 9 heteroatoms. The number of carbonyl (C=O) groups excluding carboxylic acids is 1. The van der Waals surface area contributed by atoms with E-state index in [2.05, 4.69) is 10.6 Å². The van der Waals surface area contributed by atoms with E-state index in [-0.39, 0.29) is 36.0 Å². The zero-order valence-corrected chi connectivity index (χ0v) is 17.6. The number of hydrogen-bond acceptors (Lipinski definition) is 6. The normalized spacial score (nSPS) is 33.6. The molecule has 1 amide bonds. The SMILES string of the molecule is CNCCC[C@@H]1C[C@H](SC2=C(C(=O)O)N3C(=O)[C@H]([C@@H](C)O)[C@H]3[C@H]2C)CN1.Cl. The van der Waals surface area contributed by atoms with Gasteiger partial charge in [-0.05, 0) is 39.8 Å². The molecular formula is C18H30ClN3O4S. The van der Waals surface area contributed by atoms with Crippen LogP contribution in [0, 0.1) is 11.8 Å². The second kappa shape index (κ2) is 9.13. The molecule has 2 fully saturated rings. The van der Waals surface area contributed by atoms with Gasteiger partial charge in [-0.3, -0.25) is 4.79 Å². The molecule has 7 nitrogen and oxygen atoms in total. The summed E-state index contributed by atoms with van der Waals surface area (Å²) in [7, 11) is 1.95. The topological polar surface area (TPSA) is 102 Å². The minimum absolute atomic E-state index is 0. The van der Waals surface area contributed by atoms with Gasteiger partial charge in [0, 0.05) is 28.7 Å². The van der Waals surface area contributed by atoms with Crippen molar-refractivity contribution in [1.29, 1.82) is 0 Å². The van der Waals surface area contributed by atoms with E-state index in [1.54, 1.807) is 18.7 Å². The summed E-state index contributed by atoms with van der Waals surface area (Å²) in [6, 6.07) is 0.243. The van der Waals surface area contributed by atoms with Gasteiger partial charge in [0.2, 0.25) is 5.91 Å². The zero-order chi connectivity index (χ0) is 19.0. The van der Waals surface area contributed by atoms with E-state index >= 15 is 0 Å². The van der Waals surface area contributed by atoms with Crippen molar-refractivity contribution in [1.82, 2.24) is 15.5 Å². The molecule has 0 spiro atoms. The van der Waals surface area contributed by atoms with Crippen molar-refractivity contribution in [3.63, 3.8) is 0 Å². The number of halogens is 1. The van der Waals surface area contributed by atoms with Crippen LogP contribution in [0.4, 0.5) is 0 Å². The van der Waals surface area contributed by atoms with E-state index in [0.29, 0.717) is 11.3 Å². The maximum Gasteiger partial charge on any atom is 0.353 e. The number of aliphatic carboxylic acids is 1. The van der Waals surface area contributed by atoms with Crippen molar-refractivity contribution in [3.8, 4) is 0 Å². The van der Waals surface area contributed by atoms with Crippen molar-refractivity contribution in [2.45, 2.75) is 56.5 Å². The van der Waals surface area contributed by atoms with Crippen LogP contribution in [0.1, 0.15) is 33.1 Å². The number of fused-ring (bicyclic) bond motifs is 1. The van der Waals surface area contributed by atoms with Gasteiger partial charge in [0.1, 0.15) is 5.70 Å². The molecule has 4 N–H and O–H groups in total. The number of aliphatic hydroxyl groups excluding tert-OH is 1. The highest BCUT2D eigenvalue weighted by Gasteiger charge is 2.60. The fraction of sp³-hybridized carbons (Fsp3) is 0.778. The molecule has 0 aromatic carbocycles. The molecule has 3 rings (SSSR count). The third kappa shape index (κ3) is 4.15. The van der Waals surface area contributed by atoms with Crippen LogP contribution in [0.15, 0.2) is 10.6 Å². The first-order valence-corrected chi connectivity index (χ1v) is 10.3. The van der Waals surface area contributed by atoms with Crippen molar-refractivity contribution in [2.24, 2.45) is 11.8 Å². The molecule has 0 aromatic heterocycles. The first-order chi connectivity index (χ1) is 12.4. The fourth-order valence-corrected chi connectivity index (χ4v) is 5.99. The largest absolute Gasteiger partial charge is 0.477 e. The van der Waals surface area contributed by atoms with Gasteiger partial charge < -0.3 is 25.7 Å². The Morgan fingerprint density at radius 1 is 1.48 bits per heavy atom. The average Bonchev–Trinajstić information content (AvgIpc) is 3.10. The molecule has 6 atom stereocenters. The van der Waals surface area contributed by atoms with Gasteiger partial charge >= 0.3 is 5.97 Å². The molecule has 154 valence electrons. The molecule has 0 saturated carbocycles. The molecule has 2 saturated heterocycles. The van der Waals surface area contributed by atoms with Gasteiger partial charge in [0.15, 0.2) is 0 Å². The Bertz CT molecular complexity index is 615. The van der Waals surface area contributed by atoms with Gasteiger partial charge in [-0.15, -0.1) is 24.2 Å². The molecule has 27 heavy (non-hydrogen) atoms. The van der Waals surface area contributed by atoms with Crippen LogP contribution in [-0.4, -0.2) is 70.6 Å². The highest BCUT2D eigenvalue weighted by molar-refractivity contribution is 8.03. The van der Waals surface area contributed by atoms with Crippen LogP contribution < -0.4 is 10.6 Å². The number of nitrogens with zero attached hydrogens (tertiary/aromatic N) is 1. The van der Waals surface area contributed by atoms with Crippen LogP contribution >= 0.6 is 24.2 Å². The van der Waals surface area contributed by atoms with Gasteiger partial charge in [-0.2, -0.15) is 0 Å². The van der Waals surface area contributed by atoms with E-state index in [1.165, 1.54) is 4.90 Å². The molecule has 0 aliphatic carbocycles. The summed E-state index contributed by atoms with van der Waals surface area (Å²) in [5, 5.41) is 26.6. The summed E-state index contributed by atoms with van der Waals surface area (Å²) in [4.78, 5) is 26.4. The second-order valence-electron chi connectivity index (χ2n) is 7.60. The number of rotatable bonds is 8. The van der Waals surface area contributed by atoms with E-state index in [1.807, 2.05) is 14.0 Å². The fourth-order valence-electron chi connectivity index (χ4n) is 4.48. The number of carboxylic acids is 1. The Kier molecular flexibility index (Phi) is 7.61. The highest BCUT2D eigenvalue weighted by atomic mass is 35.5. The number of aliphatic hydroxyl groups is 1. The summed E-state index contributed by atoms with van der Waals surface area (Å²) in [5.41, 5.74) is 0.132. The van der Waals surface area contributed by atoms with Crippen LogP contribution in [0.25, 0.3) is 0 Å². The number of hydrogen-bond donors (Lipinski definition) is 4. The quantitative estimate of drug-likeness (QED) is 0.344.